The van der Waals surface area contributed by atoms with Gasteiger partial charge in [0.05, 0.1) is 37.1 Å². The Balaban J connectivity index is 2.54. The van der Waals surface area contributed by atoms with E-state index in [0.29, 0.717) is 25.7 Å². The molecule has 0 aromatic rings. The topological polar surface area (TPSA) is 65.7 Å². The van der Waals surface area contributed by atoms with Crippen LogP contribution in [0.25, 0.3) is 0 Å². The van der Waals surface area contributed by atoms with Gasteiger partial charge < -0.3 is 14.2 Å². The molecule has 0 aromatic heterocycles. The standard InChI is InChI=1S/C13H28N2O3/c1-12(2)8-10(13(3,4)18-12)11(15-14)9-17-7-6-16-5/h10-11,15H,6-9,14H2,1-5H3. The van der Waals surface area contributed by atoms with Gasteiger partial charge in [-0.05, 0) is 34.1 Å². The Hall–Kier alpha value is -0.200. The van der Waals surface area contributed by atoms with Crippen LogP contribution < -0.4 is 11.3 Å². The summed E-state index contributed by atoms with van der Waals surface area (Å²) in [6, 6.07) is 0.0960. The zero-order chi connectivity index (χ0) is 13.8. The van der Waals surface area contributed by atoms with E-state index in [9.17, 15) is 0 Å². The molecule has 2 unspecified atom stereocenters. The van der Waals surface area contributed by atoms with E-state index >= 15 is 0 Å². The molecule has 1 heterocycles. The van der Waals surface area contributed by atoms with Crippen molar-refractivity contribution in [3.63, 3.8) is 0 Å². The summed E-state index contributed by atoms with van der Waals surface area (Å²) in [6.07, 6.45) is 0.975. The predicted molar refractivity (Wildman–Crippen MR) is 71.2 cm³/mol. The maximum atomic E-state index is 6.08. The van der Waals surface area contributed by atoms with Crippen molar-refractivity contribution in [3.05, 3.63) is 0 Å². The van der Waals surface area contributed by atoms with Gasteiger partial charge in [0.25, 0.3) is 0 Å². The fraction of sp³-hybridized carbons (Fsp3) is 1.00. The highest BCUT2D eigenvalue weighted by Crippen LogP contribution is 2.43. The molecule has 1 fully saturated rings. The van der Waals surface area contributed by atoms with Gasteiger partial charge in [0.1, 0.15) is 0 Å². The summed E-state index contributed by atoms with van der Waals surface area (Å²) in [5.74, 6) is 5.99. The van der Waals surface area contributed by atoms with E-state index in [1.165, 1.54) is 0 Å². The first kappa shape index (κ1) is 15.9. The van der Waals surface area contributed by atoms with Crippen LogP contribution in [0.1, 0.15) is 34.1 Å². The summed E-state index contributed by atoms with van der Waals surface area (Å²) in [4.78, 5) is 0. The summed E-state index contributed by atoms with van der Waals surface area (Å²) in [5, 5.41) is 0. The summed E-state index contributed by atoms with van der Waals surface area (Å²) < 4.78 is 16.6. The molecule has 1 aliphatic rings. The molecule has 1 aliphatic heterocycles. The molecule has 0 aliphatic carbocycles. The fourth-order valence-corrected chi connectivity index (χ4v) is 2.86. The molecular formula is C13H28N2O3. The average Bonchev–Trinajstić information content (AvgIpc) is 2.47. The molecule has 5 nitrogen and oxygen atoms in total. The van der Waals surface area contributed by atoms with Gasteiger partial charge in [0, 0.05) is 13.0 Å². The zero-order valence-corrected chi connectivity index (χ0v) is 12.3. The van der Waals surface area contributed by atoms with Gasteiger partial charge in [-0.3, -0.25) is 11.3 Å². The van der Waals surface area contributed by atoms with Crippen molar-refractivity contribution in [2.75, 3.05) is 26.9 Å². The van der Waals surface area contributed by atoms with Gasteiger partial charge in [-0.2, -0.15) is 0 Å². The number of rotatable bonds is 7. The van der Waals surface area contributed by atoms with Gasteiger partial charge in [0.2, 0.25) is 0 Å². The lowest BCUT2D eigenvalue weighted by Gasteiger charge is -2.32. The number of methoxy groups -OCH3 is 1. The number of hydrogen-bond acceptors (Lipinski definition) is 5. The van der Waals surface area contributed by atoms with Crippen LogP contribution in [0.5, 0.6) is 0 Å². The number of hydrazine groups is 1. The Morgan fingerprint density at radius 1 is 1.33 bits per heavy atom. The second-order valence-corrected chi connectivity index (χ2v) is 6.12. The van der Waals surface area contributed by atoms with Crippen LogP contribution in [0.3, 0.4) is 0 Å². The maximum absolute atomic E-state index is 6.08. The van der Waals surface area contributed by atoms with E-state index in [0.717, 1.165) is 6.42 Å². The average molecular weight is 260 g/mol. The molecule has 0 radical (unpaired) electrons. The Morgan fingerprint density at radius 3 is 2.44 bits per heavy atom. The minimum Gasteiger partial charge on any atom is -0.382 e. The van der Waals surface area contributed by atoms with Crippen LogP contribution in [0, 0.1) is 5.92 Å². The van der Waals surface area contributed by atoms with Gasteiger partial charge >= 0.3 is 0 Å². The van der Waals surface area contributed by atoms with Crippen molar-refractivity contribution < 1.29 is 14.2 Å². The zero-order valence-electron chi connectivity index (χ0n) is 12.3. The lowest BCUT2D eigenvalue weighted by atomic mass is 9.82. The minimum absolute atomic E-state index is 0.0960. The first-order valence-electron chi connectivity index (χ1n) is 6.55. The molecule has 0 bridgehead atoms. The van der Waals surface area contributed by atoms with E-state index in [1.54, 1.807) is 7.11 Å². The maximum Gasteiger partial charge on any atom is 0.0701 e. The van der Waals surface area contributed by atoms with E-state index in [2.05, 4.69) is 33.1 Å². The van der Waals surface area contributed by atoms with Crippen molar-refractivity contribution >= 4 is 0 Å². The molecule has 108 valence electrons. The SMILES string of the molecule is COCCOCC(NN)C1CC(C)(C)OC1(C)C. The second kappa shape index (κ2) is 6.30. The molecule has 0 amide bonds. The van der Waals surface area contributed by atoms with E-state index in [4.69, 9.17) is 20.1 Å². The normalized spacial score (nSPS) is 27.3. The lowest BCUT2D eigenvalue weighted by molar-refractivity contribution is -0.0809. The minimum atomic E-state index is -0.189. The Labute approximate surface area is 110 Å². The van der Waals surface area contributed by atoms with Crippen molar-refractivity contribution in [3.8, 4) is 0 Å². The highest BCUT2D eigenvalue weighted by molar-refractivity contribution is 4.99. The predicted octanol–water partition coefficient (Wildman–Crippen LogP) is 1.08. The van der Waals surface area contributed by atoms with Crippen LogP contribution in [-0.2, 0) is 14.2 Å². The lowest BCUT2D eigenvalue weighted by Crippen LogP contribution is -2.49. The molecule has 0 saturated carbocycles. The number of nitrogens with one attached hydrogen (secondary N) is 1. The van der Waals surface area contributed by atoms with Crippen molar-refractivity contribution in [1.29, 1.82) is 0 Å². The van der Waals surface area contributed by atoms with Crippen LogP contribution in [0.4, 0.5) is 0 Å². The molecular weight excluding hydrogens is 232 g/mol. The number of nitrogens with two attached hydrogens (primary N) is 1. The van der Waals surface area contributed by atoms with Crippen molar-refractivity contribution in [2.45, 2.75) is 51.4 Å². The molecule has 1 saturated heterocycles. The van der Waals surface area contributed by atoms with Gasteiger partial charge in [-0.1, -0.05) is 0 Å². The third-order valence-electron chi connectivity index (χ3n) is 3.57. The molecule has 1 rings (SSSR count). The summed E-state index contributed by atoms with van der Waals surface area (Å²) >= 11 is 0. The summed E-state index contributed by atoms with van der Waals surface area (Å²) in [5.41, 5.74) is 2.58. The second-order valence-electron chi connectivity index (χ2n) is 6.12. The smallest absolute Gasteiger partial charge is 0.0701 e. The molecule has 0 spiro atoms. The van der Waals surface area contributed by atoms with Gasteiger partial charge in [0.15, 0.2) is 0 Å². The highest BCUT2D eigenvalue weighted by Gasteiger charge is 2.48. The van der Waals surface area contributed by atoms with Crippen LogP contribution in [0.2, 0.25) is 0 Å². The van der Waals surface area contributed by atoms with Crippen LogP contribution in [0.15, 0.2) is 0 Å². The molecule has 2 atom stereocenters. The fourth-order valence-electron chi connectivity index (χ4n) is 2.86. The number of ether oxygens (including phenoxy) is 3. The molecule has 5 heteroatoms. The van der Waals surface area contributed by atoms with E-state index < -0.39 is 0 Å². The summed E-state index contributed by atoms with van der Waals surface area (Å²) in [7, 11) is 1.67. The van der Waals surface area contributed by atoms with Crippen LogP contribution in [-0.4, -0.2) is 44.2 Å². The Morgan fingerprint density at radius 2 is 2.00 bits per heavy atom. The Bertz CT molecular complexity index is 257. The van der Waals surface area contributed by atoms with E-state index in [-0.39, 0.29) is 17.2 Å². The van der Waals surface area contributed by atoms with Crippen LogP contribution >= 0.6 is 0 Å². The van der Waals surface area contributed by atoms with Gasteiger partial charge in [-0.25, -0.2) is 0 Å². The molecule has 18 heavy (non-hydrogen) atoms. The number of hydrogen-bond donors (Lipinski definition) is 2. The van der Waals surface area contributed by atoms with Crippen molar-refractivity contribution in [2.24, 2.45) is 11.8 Å². The third kappa shape index (κ3) is 4.17. The first-order valence-corrected chi connectivity index (χ1v) is 6.55. The Kier molecular flexibility index (Phi) is 5.55. The van der Waals surface area contributed by atoms with Crippen molar-refractivity contribution in [1.82, 2.24) is 5.43 Å². The van der Waals surface area contributed by atoms with E-state index in [1.807, 2.05) is 0 Å². The monoisotopic (exact) mass is 260 g/mol. The summed E-state index contributed by atoms with van der Waals surface area (Å²) in [6.45, 7) is 10.2. The highest BCUT2D eigenvalue weighted by atomic mass is 16.5. The third-order valence-corrected chi connectivity index (χ3v) is 3.57. The van der Waals surface area contributed by atoms with Gasteiger partial charge in [-0.15, -0.1) is 0 Å². The molecule has 0 aromatic carbocycles. The quantitative estimate of drug-likeness (QED) is 0.407. The largest absolute Gasteiger partial charge is 0.382 e. The molecule has 3 N–H and O–H groups in total. The first-order chi connectivity index (χ1) is 8.32.